The van der Waals surface area contributed by atoms with Gasteiger partial charge in [0.05, 0.1) is 6.61 Å². The number of nitrogens with one attached hydrogen (secondary N) is 2. The van der Waals surface area contributed by atoms with Gasteiger partial charge < -0.3 is 20.3 Å². The van der Waals surface area contributed by atoms with Crippen molar-refractivity contribution in [3.8, 4) is 0 Å². The summed E-state index contributed by atoms with van der Waals surface area (Å²) in [5.74, 6) is 1.48. The average molecular weight is 337 g/mol. The van der Waals surface area contributed by atoms with Crippen molar-refractivity contribution in [2.75, 3.05) is 44.8 Å². The summed E-state index contributed by atoms with van der Waals surface area (Å²) in [7, 11) is 1.82. The summed E-state index contributed by atoms with van der Waals surface area (Å²) in [4.78, 5) is 6.70. The van der Waals surface area contributed by atoms with Gasteiger partial charge >= 0.3 is 0 Å². The van der Waals surface area contributed by atoms with E-state index in [1.807, 2.05) is 25.2 Å². The number of guanidine groups is 1. The number of anilines is 1. The molecular weight excluding hydrogens is 312 g/mol. The second kappa shape index (κ2) is 7.88. The van der Waals surface area contributed by atoms with E-state index in [2.05, 4.69) is 26.6 Å². The van der Waals surface area contributed by atoms with Crippen molar-refractivity contribution < 1.29 is 4.74 Å². The zero-order chi connectivity index (χ0) is 16.1. The van der Waals surface area contributed by atoms with Gasteiger partial charge in [-0.25, -0.2) is 0 Å². The standard InChI is InChI=1S/C17H25ClN4O/c1-19-17(20-10-13-6-8-23-12-13)21-15-5-7-22(11-15)16-4-2-3-14(18)9-16/h2-4,9,13,15H,5-8,10-12H2,1H3,(H2,19,20,21). The molecule has 0 spiro atoms. The zero-order valence-corrected chi connectivity index (χ0v) is 14.4. The highest BCUT2D eigenvalue weighted by Gasteiger charge is 2.24. The van der Waals surface area contributed by atoms with Gasteiger partial charge in [-0.2, -0.15) is 0 Å². The van der Waals surface area contributed by atoms with Crippen LogP contribution in [0.15, 0.2) is 29.3 Å². The minimum Gasteiger partial charge on any atom is -0.381 e. The summed E-state index contributed by atoms with van der Waals surface area (Å²) < 4.78 is 5.41. The van der Waals surface area contributed by atoms with Crippen molar-refractivity contribution in [2.24, 2.45) is 10.9 Å². The smallest absolute Gasteiger partial charge is 0.191 e. The maximum absolute atomic E-state index is 6.09. The molecule has 2 unspecified atom stereocenters. The quantitative estimate of drug-likeness (QED) is 0.653. The van der Waals surface area contributed by atoms with Crippen molar-refractivity contribution in [3.63, 3.8) is 0 Å². The Balaban J connectivity index is 1.48. The lowest BCUT2D eigenvalue weighted by Crippen LogP contribution is -2.46. The summed E-state index contributed by atoms with van der Waals surface area (Å²) in [6, 6.07) is 8.45. The molecule has 126 valence electrons. The van der Waals surface area contributed by atoms with Gasteiger partial charge in [0.15, 0.2) is 5.96 Å². The topological polar surface area (TPSA) is 48.9 Å². The molecule has 23 heavy (non-hydrogen) atoms. The van der Waals surface area contributed by atoms with Crippen LogP contribution in [0.25, 0.3) is 0 Å². The van der Waals surface area contributed by atoms with Gasteiger partial charge in [0.25, 0.3) is 0 Å². The molecule has 2 N–H and O–H groups in total. The third-order valence-corrected chi connectivity index (χ3v) is 4.74. The summed E-state index contributed by atoms with van der Waals surface area (Å²) >= 11 is 6.09. The maximum atomic E-state index is 6.09. The molecule has 0 radical (unpaired) electrons. The molecule has 2 heterocycles. The van der Waals surface area contributed by atoms with E-state index in [9.17, 15) is 0 Å². The van der Waals surface area contributed by atoms with E-state index in [0.29, 0.717) is 12.0 Å². The van der Waals surface area contributed by atoms with Crippen LogP contribution < -0.4 is 15.5 Å². The number of halogens is 1. The normalized spacial score (nSPS) is 25.0. The number of hydrogen-bond acceptors (Lipinski definition) is 3. The first-order valence-corrected chi connectivity index (χ1v) is 8.68. The first-order chi connectivity index (χ1) is 11.2. The largest absolute Gasteiger partial charge is 0.381 e. The number of aliphatic imine (C=N–C) groups is 1. The van der Waals surface area contributed by atoms with E-state index in [-0.39, 0.29) is 0 Å². The van der Waals surface area contributed by atoms with Gasteiger partial charge in [0.2, 0.25) is 0 Å². The molecule has 6 heteroatoms. The molecule has 2 fully saturated rings. The number of benzene rings is 1. The molecule has 2 aliphatic heterocycles. The van der Waals surface area contributed by atoms with Crippen LogP contribution in [0.4, 0.5) is 5.69 Å². The third kappa shape index (κ3) is 4.52. The second-order valence-corrected chi connectivity index (χ2v) is 6.67. The average Bonchev–Trinajstić information content (AvgIpc) is 3.23. The zero-order valence-electron chi connectivity index (χ0n) is 13.6. The van der Waals surface area contributed by atoms with E-state index in [1.54, 1.807) is 0 Å². The Morgan fingerprint density at radius 2 is 2.35 bits per heavy atom. The molecule has 0 aliphatic carbocycles. The first kappa shape index (κ1) is 16.4. The monoisotopic (exact) mass is 336 g/mol. The molecule has 0 bridgehead atoms. The predicted molar refractivity (Wildman–Crippen MR) is 95.5 cm³/mol. The summed E-state index contributed by atoms with van der Waals surface area (Å²) in [5.41, 5.74) is 1.19. The molecule has 2 atom stereocenters. The highest BCUT2D eigenvalue weighted by Crippen LogP contribution is 2.23. The number of rotatable bonds is 4. The molecule has 5 nitrogen and oxygen atoms in total. The van der Waals surface area contributed by atoms with Gasteiger partial charge in [0, 0.05) is 56.0 Å². The van der Waals surface area contributed by atoms with E-state index in [1.165, 1.54) is 5.69 Å². The van der Waals surface area contributed by atoms with Crippen LogP contribution in [-0.4, -0.2) is 51.9 Å². The molecular formula is C17H25ClN4O. The Kier molecular flexibility index (Phi) is 5.62. The molecule has 0 amide bonds. The summed E-state index contributed by atoms with van der Waals surface area (Å²) in [5, 5.41) is 7.74. The minimum atomic E-state index is 0.403. The summed E-state index contributed by atoms with van der Waals surface area (Å²) in [6.45, 7) is 4.66. The van der Waals surface area contributed by atoms with Gasteiger partial charge in [-0.05, 0) is 31.0 Å². The van der Waals surface area contributed by atoms with E-state index in [0.717, 1.165) is 56.7 Å². The first-order valence-electron chi connectivity index (χ1n) is 8.30. The van der Waals surface area contributed by atoms with Crippen molar-refractivity contribution in [3.05, 3.63) is 29.3 Å². The molecule has 3 rings (SSSR count). The Hall–Kier alpha value is -1.46. The van der Waals surface area contributed by atoms with Crippen LogP contribution in [0.5, 0.6) is 0 Å². The van der Waals surface area contributed by atoms with Crippen LogP contribution in [-0.2, 0) is 4.74 Å². The minimum absolute atomic E-state index is 0.403. The van der Waals surface area contributed by atoms with Gasteiger partial charge in [-0.3, -0.25) is 4.99 Å². The van der Waals surface area contributed by atoms with Gasteiger partial charge in [0.1, 0.15) is 0 Å². The molecule has 2 saturated heterocycles. The molecule has 2 aliphatic rings. The van der Waals surface area contributed by atoms with E-state index >= 15 is 0 Å². The SMILES string of the molecule is CN=C(NCC1CCOC1)NC1CCN(c2cccc(Cl)c2)C1. The van der Waals surface area contributed by atoms with Crippen molar-refractivity contribution in [1.82, 2.24) is 10.6 Å². The second-order valence-electron chi connectivity index (χ2n) is 6.24. The lowest BCUT2D eigenvalue weighted by Gasteiger charge is -2.21. The lowest BCUT2D eigenvalue weighted by molar-refractivity contribution is 0.186. The fourth-order valence-corrected chi connectivity index (χ4v) is 3.34. The van der Waals surface area contributed by atoms with E-state index in [4.69, 9.17) is 16.3 Å². The van der Waals surface area contributed by atoms with Crippen LogP contribution in [0.3, 0.4) is 0 Å². The molecule has 1 aromatic rings. The lowest BCUT2D eigenvalue weighted by atomic mass is 10.1. The highest BCUT2D eigenvalue weighted by atomic mass is 35.5. The number of hydrogen-bond donors (Lipinski definition) is 2. The van der Waals surface area contributed by atoms with Crippen molar-refractivity contribution >= 4 is 23.2 Å². The summed E-state index contributed by atoms with van der Waals surface area (Å²) in [6.07, 6.45) is 2.23. The number of nitrogens with zero attached hydrogens (tertiary/aromatic N) is 2. The van der Waals surface area contributed by atoms with Gasteiger partial charge in [-0.1, -0.05) is 17.7 Å². The van der Waals surface area contributed by atoms with Crippen LogP contribution in [0.2, 0.25) is 5.02 Å². The van der Waals surface area contributed by atoms with E-state index < -0.39 is 0 Å². The van der Waals surface area contributed by atoms with Crippen LogP contribution in [0.1, 0.15) is 12.8 Å². The molecule has 0 saturated carbocycles. The van der Waals surface area contributed by atoms with Crippen LogP contribution in [0, 0.1) is 5.92 Å². The molecule has 0 aromatic heterocycles. The van der Waals surface area contributed by atoms with Crippen LogP contribution >= 0.6 is 11.6 Å². The highest BCUT2D eigenvalue weighted by molar-refractivity contribution is 6.30. The van der Waals surface area contributed by atoms with Gasteiger partial charge in [-0.15, -0.1) is 0 Å². The maximum Gasteiger partial charge on any atom is 0.191 e. The molecule has 1 aromatic carbocycles. The Bertz CT molecular complexity index is 545. The van der Waals surface area contributed by atoms with Crippen molar-refractivity contribution in [2.45, 2.75) is 18.9 Å². The fourth-order valence-electron chi connectivity index (χ4n) is 3.16. The Morgan fingerprint density at radius 3 is 3.09 bits per heavy atom. The van der Waals surface area contributed by atoms with Crippen molar-refractivity contribution in [1.29, 1.82) is 0 Å². The Labute approximate surface area is 143 Å². The Morgan fingerprint density at radius 1 is 1.43 bits per heavy atom. The number of ether oxygens (including phenoxy) is 1. The predicted octanol–water partition coefficient (Wildman–Crippen LogP) is 2.12. The fraction of sp³-hybridized carbons (Fsp3) is 0.588. The third-order valence-electron chi connectivity index (χ3n) is 4.51.